The molecule has 0 aromatic heterocycles. The Morgan fingerprint density at radius 3 is 2.48 bits per heavy atom. The predicted octanol–water partition coefficient (Wildman–Crippen LogP) is 4.63. The van der Waals surface area contributed by atoms with Gasteiger partial charge in [-0.05, 0) is 40.5 Å². The van der Waals surface area contributed by atoms with E-state index in [0.717, 1.165) is 21.2 Å². The second-order valence-electron chi connectivity index (χ2n) is 7.72. The summed E-state index contributed by atoms with van der Waals surface area (Å²) in [5, 5.41) is 0.889. The molecule has 2 amide bonds. The van der Waals surface area contributed by atoms with Crippen LogP contribution in [0.1, 0.15) is 15.9 Å². The van der Waals surface area contributed by atoms with Crippen molar-refractivity contribution in [2.24, 2.45) is 10.1 Å². The molecule has 0 spiro atoms. The van der Waals surface area contributed by atoms with E-state index in [9.17, 15) is 9.59 Å². The summed E-state index contributed by atoms with van der Waals surface area (Å²) in [4.78, 5) is 31.4. The molecule has 3 aromatic rings. The Bertz CT molecular complexity index is 1320. The van der Waals surface area contributed by atoms with Gasteiger partial charge in [-0.25, -0.2) is 4.36 Å². The normalized spacial score (nSPS) is 19.9. The average molecular weight is 475 g/mol. The molecular weight excluding hydrogens is 452 g/mol. The van der Waals surface area contributed by atoms with Gasteiger partial charge in [0.05, 0.1) is 22.8 Å². The van der Waals surface area contributed by atoms with Crippen molar-refractivity contribution in [1.82, 2.24) is 4.90 Å². The van der Waals surface area contributed by atoms with E-state index in [-0.39, 0.29) is 5.91 Å². The van der Waals surface area contributed by atoms with Crippen LogP contribution < -0.4 is 10.6 Å². The van der Waals surface area contributed by atoms with Crippen molar-refractivity contribution in [1.29, 1.82) is 0 Å². The van der Waals surface area contributed by atoms with Gasteiger partial charge < -0.3 is 15.5 Å². The van der Waals surface area contributed by atoms with E-state index in [1.165, 1.54) is 0 Å². The molecule has 2 heterocycles. The number of rotatable bonds is 4. The van der Waals surface area contributed by atoms with Crippen LogP contribution in [0.3, 0.4) is 0 Å². The van der Waals surface area contributed by atoms with Crippen LogP contribution in [0.4, 0.5) is 11.4 Å². The molecule has 1 fully saturated rings. The molecule has 0 saturated carbocycles. The third kappa shape index (κ3) is 4.07. The molecule has 2 aliphatic rings. The molecule has 6 nitrogen and oxygen atoms in total. The highest BCUT2D eigenvalue weighted by Gasteiger charge is 2.38. The van der Waals surface area contributed by atoms with E-state index in [1.807, 2.05) is 60.5 Å². The number of hydrogen-bond acceptors (Lipinski definition) is 5. The van der Waals surface area contributed by atoms with Gasteiger partial charge >= 0.3 is 0 Å². The maximum absolute atomic E-state index is 13.7. The van der Waals surface area contributed by atoms with Crippen molar-refractivity contribution in [2.75, 3.05) is 17.8 Å². The number of thioether (sulfide) groups is 1. The molecule has 1 saturated heterocycles. The minimum Gasteiger partial charge on any atom is -0.366 e. The number of carbonyl (C=O) groups is 2. The van der Waals surface area contributed by atoms with Crippen LogP contribution in [-0.2, 0) is 22.0 Å². The highest BCUT2D eigenvalue weighted by molar-refractivity contribution is 8.05. The number of carbonyl (C=O) groups excluding carboxylic acids is 2. The van der Waals surface area contributed by atoms with Crippen molar-refractivity contribution in [2.45, 2.75) is 11.4 Å². The lowest BCUT2D eigenvalue weighted by Crippen LogP contribution is -2.25. The van der Waals surface area contributed by atoms with Gasteiger partial charge in [-0.2, -0.15) is 0 Å². The molecule has 3 aromatic carbocycles. The average Bonchev–Trinajstić information content (AvgIpc) is 3.30. The third-order valence-electron chi connectivity index (χ3n) is 5.52. The van der Waals surface area contributed by atoms with Crippen LogP contribution in [0.25, 0.3) is 0 Å². The summed E-state index contributed by atoms with van der Waals surface area (Å²) in [6.45, 7) is 0.508. The molecule has 0 radical (unpaired) electrons. The third-order valence-corrected chi connectivity index (χ3v) is 8.70. The SMILES string of the molecule is CN1/C(=C2\C(=O)N(Cc3ccccc3)CS2=Nc2ccccc2C(N)=O)Sc2ccccc21. The Morgan fingerprint density at radius 1 is 1.03 bits per heavy atom. The first-order valence-electron chi connectivity index (χ1n) is 10.4. The molecule has 8 heteroatoms. The summed E-state index contributed by atoms with van der Waals surface area (Å²) in [6.07, 6.45) is 0. The summed E-state index contributed by atoms with van der Waals surface area (Å²) < 4.78 is 4.91. The van der Waals surface area contributed by atoms with Crippen molar-refractivity contribution in [3.8, 4) is 0 Å². The van der Waals surface area contributed by atoms with Crippen LogP contribution in [0.2, 0.25) is 0 Å². The van der Waals surface area contributed by atoms with Crippen LogP contribution in [0.15, 0.2) is 98.1 Å². The fraction of sp³-hybridized carbons (Fsp3) is 0.120. The number of primary amides is 1. The van der Waals surface area contributed by atoms with E-state index >= 15 is 0 Å². The molecule has 166 valence electrons. The lowest BCUT2D eigenvalue weighted by atomic mass is 10.2. The first-order chi connectivity index (χ1) is 16.0. The smallest absolute Gasteiger partial charge is 0.265 e. The summed E-state index contributed by atoms with van der Waals surface area (Å²) in [5.41, 5.74) is 8.60. The molecule has 2 aliphatic heterocycles. The molecule has 1 atom stereocenters. The van der Waals surface area contributed by atoms with Crippen molar-refractivity contribution >= 4 is 45.6 Å². The van der Waals surface area contributed by atoms with Crippen molar-refractivity contribution < 1.29 is 9.59 Å². The second kappa shape index (κ2) is 8.88. The zero-order valence-corrected chi connectivity index (χ0v) is 19.6. The number of amides is 2. The van der Waals surface area contributed by atoms with Gasteiger partial charge in [-0.3, -0.25) is 9.59 Å². The maximum atomic E-state index is 13.7. The van der Waals surface area contributed by atoms with Crippen LogP contribution in [0.5, 0.6) is 0 Å². The van der Waals surface area contributed by atoms with E-state index in [2.05, 4.69) is 17.0 Å². The Hall–Kier alpha value is -3.36. The Balaban J connectivity index is 1.62. The number of nitrogens with two attached hydrogens (primary N) is 1. The number of nitrogens with zero attached hydrogens (tertiary/aromatic N) is 3. The minimum absolute atomic E-state index is 0.0235. The van der Waals surface area contributed by atoms with E-state index in [0.29, 0.717) is 28.6 Å². The second-order valence-corrected chi connectivity index (χ2v) is 10.3. The zero-order chi connectivity index (χ0) is 22.9. The maximum Gasteiger partial charge on any atom is 0.265 e. The molecule has 5 rings (SSSR count). The zero-order valence-electron chi connectivity index (χ0n) is 18.0. The van der Waals surface area contributed by atoms with Gasteiger partial charge in [0.25, 0.3) is 11.8 Å². The first-order valence-corrected chi connectivity index (χ1v) is 12.6. The lowest BCUT2D eigenvalue weighted by Gasteiger charge is -2.16. The van der Waals surface area contributed by atoms with Gasteiger partial charge in [-0.15, -0.1) is 0 Å². The highest BCUT2D eigenvalue weighted by atomic mass is 32.2. The molecule has 33 heavy (non-hydrogen) atoms. The van der Waals surface area contributed by atoms with Gasteiger partial charge in [0.2, 0.25) is 0 Å². The fourth-order valence-electron chi connectivity index (χ4n) is 3.88. The standard InChI is InChI=1S/C25H22N4O2S2/c1-28-20-13-7-8-14-21(20)32-25(28)22-24(31)29(15-17-9-3-2-4-10-17)16-33(22)27-19-12-6-5-11-18(19)23(26)30/h2-14H,15-16H2,1H3,(H2,26,30)/b25-22-. The summed E-state index contributed by atoms with van der Waals surface area (Å²) in [6, 6.07) is 25.1. The quantitative estimate of drug-likeness (QED) is 0.559. The first kappa shape index (κ1) is 21.5. The van der Waals surface area contributed by atoms with E-state index in [1.54, 1.807) is 30.0 Å². The largest absolute Gasteiger partial charge is 0.366 e. The number of benzene rings is 3. The van der Waals surface area contributed by atoms with Crippen LogP contribution in [-0.4, -0.2) is 29.6 Å². The number of anilines is 1. The molecular formula is C25H22N4O2S2. The predicted molar refractivity (Wildman–Crippen MR) is 134 cm³/mol. The topological polar surface area (TPSA) is 79.0 Å². The Labute approximate surface area is 199 Å². The van der Waals surface area contributed by atoms with Crippen LogP contribution >= 0.6 is 11.8 Å². The number of para-hydroxylation sites is 1. The lowest BCUT2D eigenvalue weighted by molar-refractivity contribution is -0.125. The molecule has 2 N–H and O–H groups in total. The molecule has 1 unspecified atom stereocenters. The minimum atomic E-state index is -0.765. The summed E-state index contributed by atoms with van der Waals surface area (Å²) in [7, 11) is 1.21. The number of hydrogen-bond donors (Lipinski definition) is 1. The highest BCUT2D eigenvalue weighted by Crippen LogP contribution is 2.48. The summed E-state index contributed by atoms with van der Waals surface area (Å²) in [5.74, 6) is -0.0899. The van der Waals surface area contributed by atoms with E-state index < -0.39 is 16.6 Å². The fourth-order valence-corrected chi connectivity index (χ4v) is 7.23. The van der Waals surface area contributed by atoms with Gasteiger partial charge in [0, 0.05) is 18.5 Å². The van der Waals surface area contributed by atoms with Crippen LogP contribution in [0, 0.1) is 0 Å². The van der Waals surface area contributed by atoms with Gasteiger partial charge in [0.1, 0.15) is 9.93 Å². The monoisotopic (exact) mass is 474 g/mol. The van der Waals surface area contributed by atoms with Crippen molar-refractivity contribution in [3.63, 3.8) is 0 Å². The van der Waals surface area contributed by atoms with Crippen molar-refractivity contribution in [3.05, 3.63) is 99.9 Å². The van der Waals surface area contributed by atoms with Gasteiger partial charge in [-0.1, -0.05) is 66.4 Å². The Morgan fingerprint density at radius 2 is 1.73 bits per heavy atom. The summed E-state index contributed by atoms with van der Waals surface area (Å²) >= 11 is 1.59. The Kier molecular flexibility index (Phi) is 5.78. The number of fused-ring (bicyclic) bond motifs is 1. The van der Waals surface area contributed by atoms with E-state index in [4.69, 9.17) is 10.1 Å². The van der Waals surface area contributed by atoms with Gasteiger partial charge in [0.15, 0.2) is 0 Å². The molecule has 0 aliphatic carbocycles. The molecule has 0 bridgehead atoms.